The van der Waals surface area contributed by atoms with Crippen LogP contribution in [0.1, 0.15) is 28.9 Å². The first-order chi connectivity index (χ1) is 16.9. The maximum atomic E-state index is 13.7. The van der Waals surface area contributed by atoms with Gasteiger partial charge in [0.05, 0.1) is 32.6 Å². The van der Waals surface area contributed by atoms with Crippen LogP contribution in [0.25, 0.3) is 5.69 Å². The summed E-state index contributed by atoms with van der Waals surface area (Å²) in [6.07, 6.45) is 1.54. The van der Waals surface area contributed by atoms with E-state index < -0.39 is 28.7 Å². The van der Waals surface area contributed by atoms with Crippen molar-refractivity contribution in [2.24, 2.45) is 0 Å². The number of hydrogen-bond donors (Lipinski definition) is 1. The van der Waals surface area contributed by atoms with Gasteiger partial charge in [-0.25, -0.2) is 9.18 Å². The van der Waals surface area contributed by atoms with Gasteiger partial charge in [0.15, 0.2) is 11.5 Å². The van der Waals surface area contributed by atoms with Crippen LogP contribution in [-0.4, -0.2) is 53.7 Å². The van der Waals surface area contributed by atoms with Gasteiger partial charge in [0, 0.05) is 19.2 Å². The number of nitrogens with zero attached hydrogens (tertiary/aromatic N) is 3. The SMILES string of the molecule is COc1ccc(-n2nc(C(=O)NC[C@@H]3CCCO3)c(=O)n(Cc3cccc(F)c3)c2=O)cc1OC. The van der Waals surface area contributed by atoms with Gasteiger partial charge >= 0.3 is 5.69 Å². The Kier molecular flexibility index (Phi) is 7.25. The smallest absolute Gasteiger partial charge is 0.352 e. The van der Waals surface area contributed by atoms with Gasteiger partial charge in [0.2, 0.25) is 5.69 Å². The Balaban J connectivity index is 1.80. The molecule has 1 saturated heterocycles. The maximum Gasteiger partial charge on any atom is 0.352 e. The van der Waals surface area contributed by atoms with Crippen molar-refractivity contribution in [2.45, 2.75) is 25.5 Å². The molecular formula is C24H25FN4O6. The molecule has 1 amide bonds. The summed E-state index contributed by atoms with van der Waals surface area (Å²) in [6.45, 7) is 0.569. The van der Waals surface area contributed by atoms with E-state index >= 15 is 0 Å². The summed E-state index contributed by atoms with van der Waals surface area (Å²) in [5, 5.41) is 6.75. The number of amides is 1. The highest BCUT2D eigenvalue weighted by Crippen LogP contribution is 2.28. The third kappa shape index (κ3) is 5.24. The van der Waals surface area contributed by atoms with Crippen LogP contribution in [-0.2, 0) is 11.3 Å². The number of nitrogens with one attached hydrogen (secondary N) is 1. The molecule has 1 N–H and O–H groups in total. The van der Waals surface area contributed by atoms with Crippen LogP contribution in [0.5, 0.6) is 11.5 Å². The van der Waals surface area contributed by atoms with E-state index in [4.69, 9.17) is 14.2 Å². The number of rotatable bonds is 8. The summed E-state index contributed by atoms with van der Waals surface area (Å²) in [5.41, 5.74) is -1.55. The van der Waals surface area contributed by atoms with E-state index in [1.54, 1.807) is 18.2 Å². The van der Waals surface area contributed by atoms with Crippen molar-refractivity contribution in [2.75, 3.05) is 27.4 Å². The molecule has 0 radical (unpaired) electrons. The van der Waals surface area contributed by atoms with Crippen molar-refractivity contribution in [3.63, 3.8) is 0 Å². The van der Waals surface area contributed by atoms with Crippen LogP contribution in [0.15, 0.2) is 52.1 Å². The molecule has 11 heteroatoms. The fourth-order valence-electron chi connectivity index (χ4n) is 3.83. The second-order valence-electron chi connectivity index (χ2n) is 7.95. The molecular weight excluding hydrogens is 459 g/mol. The van der Waals surface area contributed by atoms with Crippen molar-refractivity contribution in [1.29, 1.82) is 0 Å². The Hall–Kier alpha value is -3.99. The van der Waals surface area contributed by atoms with E-state index in [0.717, 1.165) is 22.1 Å². The lowest BCUT2D eigenvalue weighted by Crippen LogP contribution is -2.46. The first-order valence-corrected chi connectivity index (χ1v) is 11.0. The molecule has 3 aromatic rings. The van der Waals surface area contributed by atoms with Crippen molar-refractivity contribution in [3.05, 3.63) is 80.4 Å². The molecule has 2 heterocycles. The highest BCUT2D eigenvalue weighted by atomic mass is 19.1. The zero-order valence-electron chi connectivity index (χ0n) is 19.3. The highest BCUT2D eigenvalue weighted by molar-refractivity contribution is 5.91. The molecule has 184 valence electrons. The van der Waals surface area contributed by atoms with E-state index in [0.29, 0.717) is 23.7 Å². The molecule has 1 atom stereocenters. The molecule has 2 aromatic carbocycles. The number of methoxy groups -OCH3 is 2. The van der Waals surface area contributed by atoms with E-state index in [9.17, 15) is 18.8 Å². The number of carbonyl (C=O) groups excluding carboxylic acids is 1. The third-order valence-corrected chi connectivity index (χ3v) is 5.63. The molecule has 0 bridgehead atoms. The number of benzene rings is 2. The average Bonchev–Trinajstić information content (AvgIpc) is 3.38. The lowest BCUT2D eigenvalue weighted by atomic mass is 10.2. The van der Waals surface area contributed by atoms with Gasteiger partial charge in [-0.1, -0.05) is 12.1 Å². The molecule has 1 fully saturated rings. The molecule has 1 aromatic heterocycles. The topological polar surface area (TPSA) is 114 Å². The Morgan fingerprint density at radius 3 is 2.66 bits per heavy atom. The quantitative estimate of drug-likeness (QED) is 0.516. The Bertz CT molecular complexity index is 1350. The highest BCUT2D eigenvalue weighted by Gasteiger charge is 2.23. The van der Waals surface area contributed by atoms with Gasteiger partial charge < -0.3 is 19.5 Å². The number of hydrogen-bond acceptors (Lipinski definition) is 7. The van der Waals surface area contributed by atoms with Gasteiger partial charge in [-0.15, -0.1) is 0 Å². The summed E-state index contributed by atoms with van der Waals surface area (Å²) in [5.74, 6) is -0.509. The summed E-state index contributed by atoms with van der Waals surface area (Å²) >= 11 is 0. The lowest BCUT2D eigenvalue weighted by molar-refractivity contribution is 0.0849. The molecule has 0 unspecified atom stereocenters. The second kappa shape index (κ2) is 10.5. The number of halogens is 1. The van der Waals surface area contributed by atoms with Crippen LogP contribution in [0.4, 0.5) is 4.39 Å². The zero-order chi connectivity index (χ0) is 24.9. The van der Waals surface area contributed by atoms with Crippen LogP contribution < -0.4 is 26.0 Å². The summed E-state index contributed by atoms with van der Waals surface area (Å²) in [4.78, 5) is 39.4. The molecule has 0 aliphatic carbocycles. The van der Waals surface area contributed by atoms with Gasteiger partial charge in [0.25, 0.3) is 11.5 Å². The third-order valence-electron chi connectivity index (χ3n) is 5.63. The van der Waals surface area contributed by atoms with Crippen LogP contribution >= 0.6 is 0 Å². The molecule has 0 saturated carbocycles. The van der Waals surface area contributed by atoms with E-state index in [1.807, 2.05) is 0 Å². The summed E-state index contributed by atoms with van der Waals surface area (Å²) < 4.78 is 31.6. The lowest BCUT2D eigenvalue weighted by Gasteiger charge is -2.15. The van der Waals surface area contributed by atoms with E-state index in [-0.39, 0.29) is 24.9 Å². The predicted molar refractivity (Wildman–Crippen MR) is 124 cm³/mol. The number of carbonyl (C=O) groups is 1. The molecule has 1 aliphatic rings. The standard InChI is InChI=1S/C24H25FN4O6/c1-33-19-9-8-17(12-20(19)34-2)29-24(32)28(14-15-5-3-6-16(25)11-15)23(31)21(27-29)22(30)26-13-18-7-4-10-35-18/h3,5-6,8-9,11-12,18H,4,7,10,13-14H2,1-2H3,(H,26,30)/t18-/m0/s1. The largest absolute Gasteiger partial charge is 0.493 e. The number of ether oxygens (including phenoxy) is 3. The summed E-state index contributed by atoms with van der Waals surface area (Å²) in [7, 11) is 2.91. The fraction of sp³-hybridized carbons (Fsp3) is 0.333. The monoisotopic (exact) mass is 484 g/mol. The molecule has 4 rings (SSSR count). The van der Waals surface area contributed by atoms with Gasteiger partial charge in [0.1, 0.15) is 5.82 Å². The zero-order valence-corrected chi connectivity index (χ0v) is 19.3. The molecule has 1 aliphatic heterocycles. The Labute approximate surface area is 199 Å². The van der Waals surface area contributed by atoms with E-state index in [2.05, 4.69) is 10.4 Å². The molecule has 0 spiro atoms. The Morgan fingerprint density at radius 2 is 1.97 bits per heavy atom. The van der Waals surface area contributed by atoms with Crippen molar-refractivity contribution in [1.82, 2.24) is 19.7 Å². The maximum absolute atomic E-state index is 13.7. The van der Waals surface area contributed by atoms with Crippen LogP contribution in [0, 0.1) is 5.82 Å². The fourth-order valence-corrected chi connectivity index (χ4v) is 3.83. The minimum atomic E-state index is -0.888. The second-order valence-corrected chi connectivity index (χ2v) is 7.95. The minimum Gasteiger partial charge on any atom is -0.493 e. The van der Waals surface area contributed by atoms with Crippen LogP contribution in [0.2, 0.25) is 0 Å². The van der Waals surface area contributed by atoms with Gasteiger partial charge in [-0.05, 0) is 42.7 Å². The minimum absolute atomic E-state index is 0.148. The normalized spacial score (nSPS) is 15.1. The first kappa shape index (κ1) is 24.1. The molecule has 10 nitrogen and oxygen atoms in total. The predicted octanol–water partition coefficient (Wildman–Crippen LogP) is 1.51. The Morgan fingerprint density at radius 1 is 1.17 bits per heavy atom. The first-order valence-electron chi connectivity index (χ1n) is 11.0. The van der Waals surface area contributed by atoms with Gasteiger partial charge in [-0.2, -0.15) is 9.78 Å². The number of aromatic nitrogens is 3. The molecule has 35 heavy (non-hydrogen) atoms. The van der Waals surface area contributed by atoms with E-state index in [1.165, 1.54) is 38.5 Å². The van der Waals surface area contributed by atoms with Crippen molar-refractivity contribution < 1.29 is 23.4 Å². The summed E-state index contributed by atoms with van der Waals surface area (Å²) in [6, 6.07) is 10.1. The average molecular weight is 484 g/mol. The van der Waals surface area contributed by atoms with Gasteiger partial charge in [-0.3, -0.25) is 14.2 Å². The van der Waals surface area contributed by atoms with Crippen molar-refractivity contribution >= 4 is 5.91 Å². The van der Waals surface area contributed by atoms with Crippen molar-refractivity contribution in [3.8, 4) is 17.2 Å². The van der Waals surface area contributed by atoms with Crippen LogP contribution in [0.3, 0.4) is 0 Å².